The highest BCUT2D eigenvalue weighted by molar-refractivity contribution is 5.63. The standard InChI is InChI=1S/C14H13/c1-2-3-4-5-7-12-10-11-13-8-6-9-14(12)13/h6,8-11H,3-5,7H2. The quantitative estimate of drug-likeness (QED) is 0.460. The first-order valence-electron chi connectivity index (χ1n) is 5.11. The van der Waals surface area contributed by atoms with E-state index in [1.165, 1.54) is 16.7 Å². The van der Waals surface area contributed by atoms with Gasteiger partial charge in [-0.3, -0.25) is 0 Å². The first-order valence-corrected chi connectivity index (χ1v) is 5.11. The van der Waals surface area contributed by atoms with Crippen molar-refractivity contribution in [3.8, 4) is 5.92 Å². The van der Waals surface area contributed by atoms with Gasteiger partial charge in [0, 0.05) is 6.42 Å². The third-order valence-electron chi connectivity index (χ3n) is 2.66. The third kappa shape index (κ3) is 1.72. The molecule has 0 unspecified atom stereocenters. The average Bonchev–Trinajstić information content (AvgIpc) is 2.75. The molecule has 0 atom stereocenters. The first-order chi connectivity index (χ1) is 6.92. The Morgan fingerprint density at radius 1 is 1.14 bits per heavy atom. The molecule has 0 aliphatic heterocycles. The molecule has 0 N–H and O–H groups in total. The largest absolute Gasteiger partial charge is 0.0891 e. The summed E-state index contributed by atoms with van der Waals surface area (Å²) in [5, 5.41) is 0. The molecule has 1 radical (unpaired) electrons. The molecule has 0 amide bonds. The lowest BCUT2D eigenvalue weighted by Gasteiger charge is -2.01. The van der Waals surface area contributed by atoms with Crippen LogP contribution in [0.25, 0.3) is 0 Å². The van der Waals surface area contributed by atoms with Crippen molar-refractivity contribution >= 4 is 0 Å². The van der Waals surface area contributed by atoms with Crippen LogP contribution < -0.4 is 0 Å². The van der Waals surface area contributed by atoms with Crippen molar-refractivity contribution in [3.63, 3.8) is 0 Å². The highest BCUT2D eigenvalue weighted by atomic mass is 14.2. The van der Waals surface area contributed by atoms with Gasteiger partial charge in [0.15, 0.2) is 0 Å². The fourth-order valence-electron chi connectivity index (χ4n) is 1.90. The zero-order chi connectivity index (χ0) is 9.80. The van der Waals surface area contributed by atoms with Gasteiger partial charge in [0.25, 0.3) is 0 Å². The van der Waals surface area contributed by atoms with E-state index in [1.54, 1.807) is 0 Å². The molecule has 0 heterocycles. The van der Waals surface area contributed by atoms with Gasteiger partial charge in [-0.2, -0.15) is 0 Å². The van der Waals surface area contributed by atoms with Crippen molar-refractivity contribution < 1.29 is 0 Å². The summed E-state index contributed by atoms with van der Waals surface area (Å²) >= 11 is 0. The highest BCUT2D eigenvalue weighted by Crippen LogP contribution is 2.32. The smallest absolute Gasteiger partial charge is 0.00990 e. The Labute approximate surface area is 85.7 Å². The Morgan fingerprint density at radius 2 is 2.07 bits per heavy atom. The summed E-state index contributed by atoms with van der Waals surface area (Å²) in [7, 11) is 0. The molecular weight excluding hydrogens is 168 g/mol. The van der Waals surface area contributed by atoms with E-state index in [-0.39, 0.29) is 0 Å². The maximum absolute atomic E-state index is 6.81. The van der Waals surface area contributed by atoms with E-state index in [0.717, 1.165) is 25.7 Å². The molecule has 0 spiro atoms. The minimum Gasteiger partial charge on any atom is -0.0891 e. The lowest BCUT2D eigenvalue weighted by Crippen LogP contribution is -1.83. The van der Waals surface area contributed by atoms with E-state index in [0.29, 0.717) is 0 Å². The topological polar surface area (TPSA) is 0 Å². The Kier molecular flexibility index (Phi) is 2.70. The van der Waals surface area contributed by atoms with Crippen LogP contribution in [0.15, 0.2) is 47.1 Å². The van der Waals surface area contributed by atoms with Gasteiger partial charge >= 0.3 is 0 Å². The summed E-state index contributed by atoms with van der Waals surface area (Å²) in [6.07, 6.45) is 21.9. The molecule has 0 nitrogen and oxygen atoms in total. The summed E-state index contributed by atoms with van der Waals surface area (Å²) in [5.74, 6) is 2.43. The molecule has 0 saturated carbocycles. The van der Waals surface area contributed by atoms with Crippen molar-refractivity contribution in [1.82, 2.24) is 0 Å². The minimum atomic E-state index is 0.796. The maximum Gasteiger partial charge on any atom is 0.00990 e. The van der Waals surface area contributed by atoms with Crippen LogP contribution in [-0.4, -0.2) is 0 Å². The van der Waals surface area contributed by atoms with Crippen LogP contribution in [0.5, 0.6) is 0 Å². The highest BCUT2D eigenvalue weighted by Gasteiger charge is 2.13. The van der Waals surface area contributed by atoms with E-state index in [1.807, 2.05) is 0 Å². The monoisotopic (exact) mass is 181 g/mol. The first kappa shape index (κ1) is 9.09. The van der Waals surface area contributed by atoms with Gasteiger partial charge in [0.1, 0.15) is 0 Å². The fraction of sp³-hybridized carbons (Fsp3) is 0.286. The molecule has 0 aromatic heterocycles. The van der Waals surface area contributed by atoms with Crippen molar-refractivity contribution in [2.45, 2.75) is 25.7 Å². The number of fused-ring (bicyclic) bond motifs is 1. The second kappa shape index (κ2) is 4.15. The van der Waals surface area contributed by atoms with Crippen molar-refractivity contribution in [2.24, 2.45) is 0 Å². The van der Waals surface area contributed by atoms with Gasteiger partial charge in [0.05, 0.1) is 0 Å². The van der Waals surface area contributed by atoms with Gasteiger partial charge in [0.2, 0.25) is 0 Å². The van der Waals surface area contributed by atoms with Crippen LogP contribution in [0, 0.1) is 12.3 Å². The van der Waals surface area contributed by atoms with Crippen LogP contribution in [0.2, 0.25) is 0 Å². The number of unbranched alkanes of at least 4 members (excludes halogenated alkanes) is 2. The van der Waals surface area contributed by atoms with Gasteiger partial charge in [-0.1, -0.05) is 36.3 Å². The molecule has 0 fully saturated rings. The SMILES string of the molecule is [C]#CCCCCC1=C2C=CC=C2C=C1. The van der Waals surface area contributed by atoms with Crippen LogP contribution >= 0.6 is 0 Å². The number of allylic oxidation sites excluding steroid dienone is 8. The molecule has 0 heteroatoms. The van der Waals surface area contributed by atoms with E-state index in [4.69, 9.17) is 6.42 Å². The molecular formula is C14H13. The van der Waals surface area contributed by atoms with Gasteiger partial charge in [-0.05, 0) is 42.4 Å². The van der Waals surface area contributed by atoms with Crippen molar-refractivity contribution in [3.05, 3.63) is 53.5 Å². The zero-order valence-corrected chi connectivity index (χ0v) is 8.22. The van der Waals surface area contributed by atoms with Crippen LogP contribution in [-0.2, 0) is 0 Å². The lowest BCUT2D eigenvalue weighted by molar-refractivity contribution is 0.758. The summed E-state index contributed by atoms with van der Waals surface area (Å²) in [4.78, 5) is 0. The summed E-state index contributed by atoms with van der Waals surface area (Å²) in [6.45, 7) is 0. The molecule has 0 aromatic rings. The summed E-state index contributed by atoms with van der Waals surface area (Å²) < 4.78 is 0. The Hall–Kier alpha value is -1.48. The summed E-state index contributed by atoms with van der Waals surface area (Å²) in [5.41, 5.74) is 4.22. The second-order valence-electron chi connectivity index (χ2n) is 3.64. The predicted octanol–water partition coefficient (Wildman–Crippen LogP) is 3.50. The van der Waals surface area contributed by atoms with E-state index < -0.39 is 0 Å². The second-order valence-corrected chi connectivity index (χ2v) is 3.64. The van der Waals surface area contributed by atoms with E-state index in [9.17, 15) is 0 Å². The number of hydrogen-bond donors (Lipinski definition) is 0. The molecule has 2 rings (SSSR count). The Bertz CT molecular complexity index is 381. The van der Waals surface area contributed by atoms with Crippen LogP contribution in [0.1, 0.15) is 25.7 Å². The molecule has 0 aromatic carbocycles. The fourth-order valence-corrected chi connectivity index (χ4v) is 1.90. The lowest BCUT2D eigenvalue weighted by atomic mass is 10.0. The molecule has 69 valence electrons. The Balaban J connectivity index is 1.90. The van der Waals surface area contributed by atoms with Gasteiger partial charge in [-0.25, -0.2) is 0 Å². The minimum absolute atomic E-state index is 0.796. The molecule has 14 heavy (non-hydrogen) atoms. The zero-order valence-electron chi connectivity index (χ0n) is 8.22. The molecule has 2 aliphatic carbocycles. The average molecular weight is 181 g/mol. The predicted molar refractivity (Wildman–Crippen MR) is 59.0 cm³/mol. The van der Waals surface area contributed by atoms with E-state index >= 15 is 0 Å². The maximum atomic E-state index is 6.81. The molecule has 2 aliphatic rings. The van der Waals surface area contributed by atoms with Gasteiger partial charge in [-0.15, -0.1) is 0 Å². The molecule has 0 saturated heterocycles. The van der Waals surface area contributed by atoms with Crippen molar-refractivity contribution in [2.75, 3.05) is 0 Å². The molecule has 0 bridgehead atoms. The summed E-state index contributed by atoms with van der Waals surface area (Å²) in [6, 6.07) is 0. The number of hydrogen-bond acceptors (Lipinski definition) is 0. The van der Waals surface area contributed by atoms with E-state index in [2.05, 4.69) is 36.3 Å². The Morgan fingerprint density at radius 3 is 2.93 bits per heavy atom. The number of rotatable bonds is 4. The normalized spacial score (nSPS) is 17.2. The van der Waals surface area contributed by atoms with Crippen molar-refractivity contribution in [1.29, 1.82) is 0 Å². The van der Waals surface area contributed by atoms with Crippen LogP contribution in [0.3, 0.4) is 0 Å². The van der Waals surface area contributed by atoms with Gasteiger partial charge < -0.3 is 0 Å². The third-order valence-corrected chi connectivity index (χ3v) is 2.66. The van der Waals surface area contributed by atoms with Crippen LogP contribution in [0.4, 0.5) is 0 Å².